The molecule has 0 aliphatic carbocycles. The molecule has 0 aromatic heterocycles. The van der Waals surface area contributed by atoms with Crippen LogP contribution in [0.1, 0.15) is 49.4 Å². The third kappa shape index (κ3) is 4.29. The number of carbonyl (C=O) groups is 2. The minimum Gasteiger partial charge on any atom is -0.384 e. The van der Waals surface area contributed by atoms with Crippen molar-refractivity contribution in [2.24, 2.45) is 0 Å². The number of anilines is 1. The van der Waals surface area contributed by atoms with E-state index < -0.39 is 5.82 Å². The lowest BCUT2D eigenvalue weighted by Crippen LogP contribution is -2.32. The van der Waals surface area contributed by atoms with Crippen molar-refractivity contribution in [3.8, 4) is 0 Å². The largest absolute Gasteiger partial charge is 0.384 e. The predicted molar refractivity (Wildman–Crippen MR) is 84.6 cm³/mol. The van der Waals surface area contributed by atoms with E-state index in [1.165, 1.54) is 13.0 Å². The van der Waals surface area contributed by atoms with Crippen molar-refractivity contribution in [3.63, 3.8) is 0 Å². The number of amides is 1. The van der Waals surface area contributed by atoms with Gasteiger partial charge in [-0.15, -0.1) is 0 Å². The quantitative estimate of drug-likeness (QED) is 0.648. The van der Waals surface area contributed by atoms with E-state index in [1.54, 1.807) is 12.1 Å². The van der Waals surface area contributed by atoms with Crippen LogP contribution in [0.3, 0.4) is 0 Å². The molecule has 1 amide bonds. The highest BCUT2D eigenvalue weighted by Crippen LogP contribution is 2.19. The number of hydrogen-bond acceptors (Lipinski definition) is 3. The van der Waals surface area contributed by atoms with Gasteiger partial charge in [0.25, 0.3) is 0 Å². The second-order valence-corrected chi connectivity index (χ2v) is 5.69. The molecule has 0 bridgehead atoms. The third-order valence-corrected chi connectivity index (χ3v) is 3.96. The molecule has 0 radical (unpaired) electrons. The number of halogens is 1. The zero-order chi connectivity index (χ0) is 15.9. The molecule has 4 nitrogen and oxygen atoms in total. The van der Waals surface area contributed by atoms with Gasteiger partial charge in [0, 0.05) is 31.7 Å². The van der Waals surface area contributed by atoms with Crippen LogP contribution in [-0.4, -0.2) is 36.2 Å². The molecule has 0 spiro atoms. The lowest BCUT2D eigenvalue weighted by atomic mass is 10.1. The van der Waals surface area contributed by atoms with Gasteiger partial charge in [0.15, 0.2) is 5.78 Å². The van der Waals surface area contributed by atoms with E-state index in [9.17, 15) is 14.0 Å². The molecule has 1 aliphatic heterocycles. The van der Waals surface area contributed by atoms with Crippen molar-refractivity contribution in [1.82, 2.24) is 4.90 Å². The van der Waals surface area contributed by atoms with Crippen LogP contribution in [0.25, 0.3) is 0 Å². The highest BCUT2D eigenvalue weighted by Gasteiger charge is 2.16. The number of rotatable bonds is 6. The molecule has 1 saturated heterocycles. The molecule has 1 aromatic rings. The van der Waals surface area contributed by atoms with E-state index in [2.05, 4.69) is 5.32 Å². The summed E-state index contributed by atoms with van der Waals surface area (Å²) in [6, 6.07) is 4.58. The summed E-state index contributed by atoms with van der Waals surface area (Å²) in [6.45, 7) is 3.50. The second kappa shape index (κ2) is 7.92. The number of nitrogens with one attached hydrogen (secondary N) is 1. The minimum absolute atomic E-state index is 0.105. The monoisotopic (exact) mass is 306 g/mol. The van der Waals surface area contributed by atoms with Gasteiger partial charge in [0.05, 0.1) is 5.56 Å². The molecule has 1 aromatic carbocycles. The number of likely N-dealkylation sites (tertiary alicyclic amines) is 1. The summed E-state index contributed by atoms with van der Waals surface area (Å²) in [5.74, 6) is -0.559. The smallest absolute Gasteiger partial charge is 0.222 e. The fourth-order valence-electron chi connectivity index (χ4n) is 2.80. The summed E-state index contributed by atoms with van der Waals surface area (Å²) in [5, 5.41) is 3.11. The van der Waals surface area contributed by atoms with E-state index in [-0.39, 0.29) is 17.3 Å². The van der Waals surface area contributed by atoms with Gasteiger partial charge in [-0.05, 0) is 38.3 Å². The molecular weight excluding hydrogens is 283 g/mol. The first-order chi connectivity index (χ1) is 10.6. The van der Waals surface area contributed by atoms with E-state index in [4.69, 9.17) is 0 Å². The summed E-state index contributed by atoms with van der Waals surface area (Å²) in [5.41, 5.74) is 0.628. The Hall–Kier alpha value is -1.91. The average Bonchev–Trinajstić information content (AvgIpc) is 2.68. The predicted octanol–water partition coefficient (Wildman–Crippen LogP) is 3.23. The Morgan fingerprint density at radius 1 is 1.32 bits per heavy atom. The van der Waals surface area contributed by atoms with Crippen LogP contribution in [0.5, 0.6) is 0 Å². The maximum atomic E-state index is 13.7. The highest BCUT2D eigenvalue weighted by atomic mass is 19.1. The second-order valence-electron chi connectivity index (χ2n) is 5.69. The lowest BCUT2D eigenvalue weighted by molar-refractivity contribution is -0.130. The summed E-state index contributed by atoms with van der Waals surface area (Å²) < 4.78 is 13.7. The van der Waals surface area contributed by atoms with Crippen LogP contribution in [0, 0.1) is 5.82 Å². The van der Waals surface area contributed by atoms with E-state index in [0.29, 0.717) is 25.2 Å². The summed E-state index contributed by atoms with van der Waals surface area (Å²) in [4.78, 5) is 25.3. The number of carbonyl (C=O) groups excluding carboxylic acids is 2. The van der Waals surface area contributed by atoms with E-state index in [1.807, 2.05) is 4.90 Å². The van der Waals surface area contributed by atoms with Crippen molar-refractivity contribution >= 4 is 17.4 Å². The Bertz CT molecular complexity index is 545. The fourth-order valence-corrected chi connectivity index (χ4v) is 2.80. The molecular formula is C17H23FN2O2. The Balaban J connectivity index is 1.85. The SMILES string of the molecule is CC(=O)c1c(F)cccc1NCCCN1CCCCCC1=O. The van der Waals surface area contributed by atoms with Gasteiger partial charge in [-0.2, -0.15) is 0 Å². The molecule has 0 saturated carbocycles. The topological polar surface area (TPSA) is 49.4 Å². The van der Waals surface area contributed by atoms with Gasteiger partial charge >= 0.3 is 0 Å². The first kappa shape index (κ1) is 16.5. The average molecular weight is 306 g/mol. The van der Waals surface area contributed by atoms with Gasteiger partial charge < -0.3 is 10.2 Å². The van der Waals surface area contributed by atoms with Crippen LogP contribution in [0.2, 0.25) is 0 Å². The minimum atomic E-state index is -0.500. The number of hydrogen-bond donors (Lipinski definition) is 1. The Morgan fingerprint density at radius 3 is 2.91 bits per heavy atom. The van der Waals surface area contributed by atoms with Gasteiger partial charge in [0.2, 0.25) is 5.91 Å². The maximum absolute atomic E-state index is 13.7. The van der Waals surface area contributed by atoms with E-state index >= 15 is 0 Å². The van der Waals surface area contributed by atoms with Crippen molar-refractivity contribution in [2.45, 2.75) is 39.0 Å². The lowest BCUT2D eigenvalue weighted by Gasteiger charge is -2.20. The van der Waals surface area contributed by atoms with Crippen molar-refractivity contribution < 1.29 is 14.0 Å². The Kier molecular flexibility index (Phi) is 5.92. The van der Waals surface area contributed by atoms with Crippen LogP contribution in [-0.2, 0) is 4.79 Å². The van der Waals surface area contributed by atoms with Gasteiger partial charge in [-0.3, -0.25) is 9.59 Å². The van der Waals surface area contributed by atoms with Crippen molar-refractivity contribution in [2.75, 3.05) is 25.0 Å². The summed E-state index contributed by atoms with van der Waals surface area (Å²) in [6.07, 6.45) is 4.59. The molecule has 1 heterocycles. The maximum Gasteiger partial charge on any atom is 0.222 e. The molecule has 5 heteroatoms. The summed E-state index contributed by atoms with van der Waals surface area (Å²) in [7, 11) is 0. The molecule has 0 atom stereocenters. The van der Waals surface area contributed by atoms with E-state index in [0.717, 1.165) is 32.2 Å². The Labute approximate surface area is 130 Å². The molecule has 0 unspecified atom stereocenters. The fraction of sp³-hybridized carbons (Fsp3) is 0.529. The third-order valence-electron chi connectivity index (χ3n) is 3.96. The zero-order valence-corrected chi connectivity index (χ0v) is 13.0. The first-order valence-corrected chi connectivity index (χ1v) is 7.90. The van der Waals surface area contributed by atoms with Crippen LogP contribution in [0.4, 0.5) is 10.1 Å². The molecule has 120 valence electrons. The summed E-state index contributed by atoms with van der Waals surface area (Å²) >= 11 is 0. The number of benzene rings is 1. The van der Waals surface area contributed by atoms with Gasteiger partial charge in [0.1, 0.15) is 5.82 Å². The standard InChI is InChI=1S/C17H23FN2O2/c1-13(21)17-14(18)7-5-8-15(17)19-10-6-12-20-11-4-2-3-9-16(20)22/h5,7-8,19H,2-4,6,9-12H2,1H3. The zero-order valence-electron chi connectivity index (χ0n) is 13.0. The highest BCUT2D eigenvalue weighted by molar-refractivity contribution is 5.99. The normalized spacial score (nSPS) is 15.5. The molecule has 1 fully saturated rings. The van der Waals surface area contributed by atoms with Gasteiger partial charge in [-0.1, -0.05) is 12.5 Å². The first-order valence-electron chi connectivity index (χ1n) is 7.90. The molecule has 1 N–H and O–H groups in total. The molecule has 2 rings (SSSR count). The van der Waals surface area contributed by atoms with Crippen molar-refractivity contribution in [3.05, 3.63) is 29.6 Å². The van der Waals surface area contributed by atoms with Crippen LogP contribution < -0.4 is 5.32 Å². The number of Topliss-reactive ketones (excluding diaryl/α,β-unsaturated/α-hetero) is 1. The van der Waals surface area contributed by atoms with Crippen LogP contribution >= 0.6 is 0 Å². The van der Waals surface area contributed by atoms with Crippen molar-refractivity contribution in [1.29, 1.82) is 0 Å². The Morgan fingerprint density at radius 2 is 2.14 bits per heavy atom. The molecule has 22 heavy (non-hydrogen) atoms. The van der Waals surface area contributed by atoms with Gasteiger partial charge in [-0.25, -0.2) is 4.39 Å². The number of nitrogens with zero attached hydrogens (tertiary/aromatic N) is 1. The van der Waals surface area contributed by atoms with Crippen LogP contribution in [0.15, 0.2) is 18.2 Å². The number of ketones is 1. The molecule has 1 aliphatic rings.